The third-order valence-corrected chi connectivity index (χ3v) is 8.61. The van der Waals surface area contributed by atoms with Crippen molar-refractivity contribution >= 4 is 15.9 Å². The van der Waals surface area contributed by atoms with Gasteiger partial charge in [-0.05, 0) is 41.3 Å². The molecule has 2 aliphatic heterocycles. The van der Waals surface area contributed by atoms with Crippen molar-refractivity contribution in [2.75, 3.05) is 32.7 Å². The van der Waals surface area contributed by atoms with Crippen LogP contribution in [0.3, 0.4) is 0 Å². The maximum absolute atomic E-state index is 13.3. The van der Waals surface area contributed by atoms with Gasteiger partial charge in [-0.1, -0.05) is 60.7 Å². The SMILES string of the molecule is O=C(c1cccc(S(=O)(=O)N2CCN(Cc3ccccc3)CC2)c1)N1CCc2ccccc2C1. The van der Waals surface area contributed by atoms with Gasteiger partial charge in [-0.15, -0.1) is 0 Å². The van der Waals surface area contributed by atoms with Gasteiger partial charge in [0.05, 0.1) is 4.90 Å². The van der Waals surface area contributed by atoms with Gasteiger partial charge in [-0.2, -0.15) is 4.31 Å². The van der Waals surface area contributed by atoms with Crippen LogP contribution in [0.1, 0.15) is 27.0 Å². The van der Waals surface area contributed by atoms with E-state index in [4.69, 9.17) is 0 Å². The molecule has 34 heavy (non-hydrogen) atoms. The highest BCUT2D eigenvalue weighted by molar-refractivity contribution is 7.89. The summed E-state index contributed by atoms with van der Waals surface area (Å²) in [6.07, 6.45) is 0.813. The first-order valence-corrected chi connectivity index (χ1v) is 13.2. The van der Waals surface area contributed by atoms with Crippen molar-refractivity contribution in [2.24, 2.45) is 0 Å². The molecule has 0 saturated carbocycles. The standard InChI is InChI=1S/C27H29N3O3S/c31-27(29-14-13-23-9-4-5-10-25(23)21-29)24-11-6-12-26(19-24)34(32,33)30-17-15-28(16-18-30)20-22-7-2-1-3-8-22/h1-12,19H,13-18,20-21H2. The van der Waals surface area contributed by atoms with Gasteiger partial charge >= 0.3 is 0 Å². The highest BCUT2D eigenvalue weighted by atomic mass is 32.2. The molecule has 0 aromatic heterocycles. The van der Waals surface area contributed by atoms with Gasteiger partial charge < -0.3 is 4.90 Å². The summed E-state index contributed by atoms with van der Waals surface area (Å²) in [6, 6.07) is 24.9. The number of sulfonamides is 1. The second kappa shape index (κ2) is 9.70. The van der Waals surface area contributed by atoms with E-state index in [9.17, 15) is 13.2 Å². The molecule has 2 heterocycles. The van der Waals surface area contributed by atoms with Crippen molar-refractivity contribution in [3.63, 3.8) is 0 Å². The Kier molecular flexibility index (Phi) is 6.50. The number of carbonyl (C=O) groups is 1. The molecular weight excluding hydrogens is 446 g/mol. The van der Waals surface area contributed by atoms with E-state index >= 15 is 0 Å². The normalized spacial score (nSPS) is 17.4. The number of nitrogens with zero attached hydrogens (tertiary/aromatic N) is 3. The zero-order chi connectivity index (χ0) is 23.5. The van der Waals surface area contributed by atoms with E-state index in [0.717, 1.165) is 18.5 Å². The average Bonchev–Trinajstić information content (AvgIpc) is 2.89. The quantitative estimate of drug-likeness (QED) is 0.568. The first-order valence-electron chi connectivity index (χ1n) is 11.7. The van der Waals surface area contributed by atoms with Crippen LogP contribution in [0.5, 0.6) is 0 Å². The smallest absolute Gasteiger partial charge is 0.254 e. The fraction of sp³-hybridized carbons (Fsp3) is 0.296. The van der Waals surface area contributed by atoms with E-state index < -0.39 is 10.0 Å². The molecule has 0 spiro atoms. The van der Waals surface area contributed by atoms with E-state index in [1.54, 1.807) is 23.1 Å². The summed E-state index contributed by atoms with van der Waals surface area (Å²) in [5.41, 5.74) is 4.07. The van der Waals surface area contributed by atoms with E-state index in [1.807, 2.05) is 36.4 Å². The maximum atomic E-state index is 13.3. The van der Waals surface area contributed by atoms with Crippen LogP contribution in [0.25, 0.3) is 0 Å². The van der Waals surface area contributed by atoms with Crippen molar-refractivity contribution in [1.82, 2.24) is 14.1 Å². The molecule has 1 saturated heterocycles. The summed E-state index contributed by atoms with van der Waals surface area (Å²) in [5, 5.41) is 0. The Labute approximate surface area is 201 Å². The summed E-state index contributed by atoms with van der Waals surface area (Å²) < 4.78 is 28.2. The van der Waals surface area contributed by atoms with E-state index in [2.05, 4.69) is 23.1 Å². The molecule has 0 aliphatic carbocycles. The molecule has 1 amide bonds. The summed E-state index contributed by atoms with van der Waals surface area (Å²) in [5.74, 6) is -0.126. The van der Waals surface area contributed by atoms with Gasteiger partial charge in [-0.25, -0.2) is 8.42 Å². The van der Waals surface area contributed by atoms with Crippen molar-refractivity contribution < 1.29 is 13.2 Å². The number of hydrogen-bond acceptors (Lipinski definition) is 4. The Hall–Kier alpha value is -3.00. The molecule has 176 valence electrons. The average molecular weight is 476 g/mol. The largest absolute Gasteiger partial charge is 0.334 e. The number of amides is 1. The number of hydrogen-bond donors (Lipinski definition) is 0. The molecule has 0 unspecified atom stereocenters. The molecule has 6 nitrogen and oxygen atoms in total. The van der Waals surface area contributed by atoms with Gasteiger partial charge in [0.2, 0.25) is 10.0 Å². The highest BCUT2D eigenvalue weighted by Gasteiger charge is 2.30. The molecule has 7 heteroatoms. The Morgan fingerprint density at radius 3 is 2.24 bits per heavy atom. The zero-order valence-corrected chi connectivity index (χ0v) is 20.0. The number of fused-ring (bicyclic) bond motifs is 1. The predicted octanol–water partition coefficient (Wildman–Crippen LogP) is 3.39. The summed E-state index contributed by atoms with van der Waals surface area (Å²) in [4.78, 5) is 17.5. The number of carbonyl (C=O) groups excluding carboxylic acids is 1. The van der Waals surface area contributed by atoms with Crippen LogP contribution in [0.15, 0.2) is 83.8 Å². The zero-order valence-electron chi connectivity index (χ0n) is 19.1. The lowest BCUT2D eigenvalue weighted by Crippen LogP contribution is -2.48. The van der Waals surface area contributed by atoms with Gasteiger partial charge in [0.25, 0.3) is 5.91 Å². The van der Waals surface area contributed by atoms with Gasteiger partial charge in [-0.3, -0.25) is 9.69 Å². The van der Waals surface area contributed by atoms with Gasteiger partial charge in [0.1, 0.15) is 0 Å². The predicted molar refractivity (Wildman–Crippen MR) is 132 cm³/mol. The second-order valence-corrected chi connectivity index (χ2v) is 10.9. The maximum Gasteiger partial charge on any atom is 0.254 e. The van der Waals surface area contributed by atoms with Crippen molar-refractivity contribution in [1.29, 1.82) is 0 Å². The topological polar surface area (TPSA) is 60.9 Å². The Morgan fingerprint density at radius 2 is 1.47 bits per heavy atom. The number of benzene rings is 3. The Morgan fingerprint density at radius 1 is 0.765 bits per heavy atom. The fourth-order valence-corrected chi connectivity index (χ4v) is 6.23. The van der Waals surface area contributed by atoms with Crippen molar-refractivity contribution in [3.8, 4) is 0 Å². The van der Waals surface area contributed by atoms with Crippen LogP contribution in [0.4, 0.5) is 0 Å². The molecule has 1 fully saturated rings. The van der Waals surface area contributed by atoms with E-state index in [1.165, 1.54) is 21.5 Å². The molecule has 0 atom stereocenters. The van der Waals surface area contributed by atoms with Crippen LogP contribution in [0.2, 0.25) is 0 Å². The third kappa shape index (κ3) is 4.78. The monoisotopic (exact) mass is 475 g/mol. The molecule has 5 rings (SSSR count). The molecule has 2 aliphatic rings. The molecule has 3 aromatic carbocycles. The lowest BCUT2D eigenvalue weighted by atomic mass is 9.99. The molecular formula is C27H29N3O3S. The minimum atomic E-state index is -3.66. The van der Waals surface area contributed by atoms with E-state index in [-0.39, 0.29) is 10.8 Å². The van der Waals surface area contributed by atoms with Crippen molar-refractivity contribution in [3.05, 3.63) is 101 Å². The van der Waals surface area contributed by atoms with Crippen LogP contribution in [-0.4, -0.2) is 61.2 Å². The highest BCUT2D eigenvalue weighted by Crippen LogP contribution is 2.23. The van der Waals surface area contributed by atoms with Crippen LogP contribution < -0.4 is 0 Å². The molecule has 0 radical (unpaired) electrons. The fourth-order valence-electron chi connectivity index (χ4n) is 4.76. The minimum Gasteiger partial charge on any atom is -0.334 e. The van der Waals surface area contributed by atoms with Gasteiger partial charge in [0, 0.05) is 51.4 Å². The van der Waals surface area contributed by atoms with Gasteiger partial charge in [0.15, 0.2) is 0 Å². The van der Waals surface area contributed by atoms with Crippen LogP contribution >= 0.6 is 0 Å². The summed E-state index contributed by atoms with van der Waals surface area (Å²) in [7, 11) is -3.66. The molecule has 3 aromatic rings. The first-order chi connectivity index (χ1) is 16.5. The Balaban J connectivity index is 1.26. The van der Waals surface area contributed by atoms with Crippen LogP contribution in [-0.2, 0) is 29.5 Å². The molecule has 0 bridgehead atoms. The minimum absolute atomic E-state index is 0.126. The number of piperazine rings is 1. The lowest BCUT2D eigenvalue weighted by Gasteiger charge is -2.34. The van der Waals surface area contributed by atoms with Crippen molar-refractivity contribution in [2.45, 2.75) is 24.4 Å². The second-order valence-electron chi connectivity index (χ2n) is 8.94. The summed E-state index contributed by atoms with van der Waals surface area (Å²) in [6.45, 7) is 4.25. The first kappa shape index (κ1) is 22.8. The third-order valence-electron chi connectivity index (χ3n) is 6.72. The Bertz CT molecular complexity index is 1270. The van der Waals surface area contributed by atoms with Crippen LogP contribution in [0, 0.1) is 0 Å². The number of rotatable bonds is 5. The summed E-state index contributed by atoms with van der Waals surface area (Å²) >= 11 is 0. The van der Waals surface area contributed by atoms with E-state index in [0.29, 0.717) is 44.8 Å². The lowest BCUT2D eigenvalue weighted by molar-refractivity contribution is 0.0734. The molecule has 0 N–H and O–H groups in total.